The number of hydrogen-bond acceptors (Lipinski definition) is 3. The summed E-state index contributed by atoms with van der Waals surface area (Å²) >= 11 is 5.95. The molecule has 27 heavy (non-hydrogen) atoms. The molecule has 0 saturated carbocycles. The fourth-order valence-electron chi connectivity index (χ4n) is 2.82. The van der Waals surface area contributed by atoms with E-state index in [1.165, 1.54) is 5.56 Å². The molecule has 0 fully saturated rings. The van der Waals surface area contributed by atoms with E-state index in [0.29, 0.717) is 16.3 Å². The second-order valence-electron chi connectivity index (χ2n) is 6.58. The molecule has 146 valence electrons. The average Bonchev–Trinajstić information content (AvgIpc) is 2.59. The Hall–Kier alpha value is -2.05. The molecule has 0 radical (unpaired) electrons. The second-order valence-corrected chi connectivity index (χ2v) is 8.93. The smallest absolute Gasteiger partial charge is 0.241 e. The molecule has 1 amide bonds. The minimum Gasteiger partial charge on any atom is -0.348 e. The third-order valence-electron chi connectivity index (χ3n) is 4.38. The summed E-state index contributed by atoms with van der Waals surface area (Å²) in [5, 5.41) is 3.38. The van der Waals surface area contributed by atoms with Gasteiger partial charge in [-0.2, -0.15) is 0 Å². The molecule has 7 heteroatoms. The van der Waals surface area contributed by atoms with Gasteiger partial charge >= 0.3 is 0 Å². The average molecular weight is 409 g/mol. The molecule has 5 nitrogen and oxygen atoms in total. The van der Waals surface area contributed by atoms with Crippen molar-refractivity contribution in [1.82, 2.24) is 5.32 Å². The minimum absolute atomic E-state index is 0.226. The zero-order valence-electron chi connectivity index (χ0n) is 16.0. The molecule has 0 aromatic heterocycles. The molecular weight excluding hydrogens is 384 g/mol. The first kappa shape index (κ1) is 21.3. The van der Waals surface area contributed by atoms with E-state index in [1.54, 1.807) is 25.1 Å². The van der Waals surface area contributed by atoms with Gasteiger partial charge in [-0.25, -0.2) is 8.42 Å². The normalized spacial score (nSPS) is 12.5. The zero-order chi connectivity index (χ0) is 20.2. The van der Waals surface area contributed by atoms with Crippen LogP contribution in [-0.4, -0.2) is 27.1 Å². The van der Waals surface area contributed by atoms with Gasteiger partial charge < -0.3 is 5.32 Å². The van der Waals surface area contributed by atoms with E-state index >= 15 is 0 Å². The van der Waals surface area contributed by atoms with E-state index in [9.17, 15) is 13.2 Å². The number of rotatable bonds is 7. The fourth-order valence-corrected chi connectivity index (χ4v) is 3.96. The van der Waals surface area contributed by atoms with Gasteiger partial charge in [0.2, 0.25) is 15.9 Å². The first-order valence-electron chi connectivity index (χ1n) is 8.74. The predicted molar refractivity (Wildman–Crippen MR) is 111 cm³/mol. The summed E-state index contributed by atoms with van der Waals surface area (Å²) in [7, 11) is -3.63. The summed E-state index contributed by atoms with van der Waals surface area (Å²) in [6.45, 7) is 5.42. The van der Waals surface area contributed by atoms with Crippen molar-refractivity contribution in [2.45, 2.75) is 33.2 Å². The lowest BCUT2D eigenvalue weighted by molar-refractivity contribution is -0.120. The van der Waals surface area contributed by atoms with Gasteiger partial charge in [0.05, 0.1) is 18.0 Å². The Balaban J connectivity index is 2.16. The maximum atomic E-state index is 12.5. The SMILES string of the molecule is CCc1ccc([C@@H](C)NC(=O)CN(c2ccc(Cl)cc2C)S(C)(=O)=O)cc1. The van der Waals surface area contributed by atoms with Crippen LogP contribution in [0.3, 0.4) is 0 Å². The third-order valence-corrected chi connectivity index (χ3v) is 5.74. The van der Waals surface area contributed by atoms with Crippen molar-refractivity contribution in [2.75, 3.05) is 17.1 Å². The van der Waals surface area contributed by atoms with Crippen molar-refractivity contribution in [1.29, 1.82) is 0 Å². The van der Waals surface area contributed by atoms with Crippen LogP contribution < -0.4 is 9.62 Å². The molecule has 0 spiro atoms. The number of carbonyl (C=O) groups is 1. The summed E-state index contributed by atoms with van der Waals surface area (Å²) in [5.41, 5.74) is 3.31. The van der Waals surface area contributed by atoms with E-state index in [4.69, 9.17) is 11.6 Å². The molecule has 0 aliphatic rings. The quantitative estimate of drug-likeness (QED) is 0.756. The number of nitrogens with zero attached hydrogens (tertiary/aromatic N) is 1. The monoisotopic (exact) mass is 408 g/mol. The molecule has 1 atom stereocenters. The van der Waals surface area contributed by atoms with E-state index in [-0.39, 0.29) is 18.5 Å². The number of aryl methyl sites for hydroxylation is 2. The van der Waals surface area contributed by atoms with Crippen molar-refractivity contribution in [2.24, 2.45) is 0 Å². The topological polar surface area (TPSA) is 66.5 Å². The van der Waals surface area contributed by atoms with Crippen LogP contribution in [0.25, 0.3) is 0 Å². The van der Waals surface area contributed by atoms with Crippen molar-refractivity contribution in [3.05, 3.63) is 64.2 Å². The molecule has 0 unspecified atom stereocenters. The molecular formula is C20H25ClN2O3S. The number of carbonyl (C=O) groups excluding carboxylic acids is 1. The van der Waals surface area contributed by atoms with Crippen LogP contribution in [0.4, 0.5) is 5.69 Å². The first-order valence-corrected chi connectivity index (χ1v) is 11.0. The van der Waals surface area contributed by atoms with Crippen molar-refractivity contribution in [3.63, 3.8) is 0 Å². The van der Waals surface area contributed by atoms with E-state index < -0.39 is 10.0 Å². The minimum atomic E-state index is -3.63. The van der Waals surface area contributed by atoms with Crippen LogP contribution in [0, 0.1) is 6.92 Å². The van der Waals surface area contributed by atoms with Gasteiger partial charge in [0.1, 0.15) is 6.54 Å². The molecule has 0 saturated heterocycles. The number of amides is 1. The lowest BCUT2D eigenvalue weighted by Gasteiger charge is -2.25. The standard InChI is InChI=1S/C20H25ClN2O3S/c1-5-16-6-8-17(9-7-16)15(3)22-20(24)13-23(27(4,25)26)19-11-10-18(21)12-14(19)2/h6-12,15H,5,13H2,1-4H3,(H,22,24)/t15-/m1/s1. The maximum absolute atomic E-state index is 12.5. The van der Waals surface area contributed by atoms with Gasteiger partial charge in [0.15, 0.2) is 0 Å². The molecule has 1 N–H and O–H groups in total. The highest BCUT2D eigenvalue weighted by Crippen LogP contribution is 2.25. The Morgan fingerprint density at radius 3 is 2.33 bits per heavy atom. The number of hydrogen-bond donors (Lipinski definition) is 1. The number of nitrogens with one attached hydrogen (secondary N) is 1. The van der Waals surface area contributed by atoms with Crippen LogP contribution in [0.15, 0.2) is 42.5 Å². The lowest BCUT2D eigenvalue weighted by atomic mass is 10.1. The highest BCUT2D eigenvalue weighted by atomic mass is 35.5. The Morgan fingerprint density at radius 2 is 1.81 bits per heavy atom. The van der Waals surface area contributed by atoms with Crippen molar-refractivity contribution >= 4 is 33.2 Å². The van der Waals surface area contributed by atoms with E-state index in [2.05, 4.69) is 12.2 Å². The highest BCUT2D eigenvalue weighted by molar-refractivity contribution is 7.92. The molecule has 0 aliphatic heterocycles. The molecule has 2 aromatic carbocycles. The number of halogens is 1. The van der Waals surface area contributed by atoms with Gasteiger partial charge in [0.25, 0.3) is 0 Å². The molecule has 2 rings (SSSR count). The van der Waals surface area contributed by atoms with Crippen LogP contribution >= 0.6 is 11.6 Å². The summed E-state index contributed by atoms with van der Waals surface area (Å²) in [6.07, 6.45) is 2.03. The highest BCUT2D eigenvalue weighted by Gasteiger charge is 2.23. The Morgan fingerprint density at radius 1 is 1.19 bits per heavy atom. The van der Waals surface area contributed by atoms with E-state index in [1.807, 2.05) is 31.2 Å². The summed E-state index contributed by atoms with van der Waals surface area (Å²) in [5.74, 6) is -0.373. The number of benzene rings is 2. The largest absolute Gasteiger partial charge is 0.348 e. The number of sulfonamides is 1. The fraction of sp³-hybridized carbons (Fsp3) is 0.350. The summed E-state index contributed by atoms with van der Waals surface area (Å²) in [4.78, 5) is 12.5. The van der Waals surface area contributed by atoms with Gasteiger partial charge in [-0.15, -0.1) is 0 Å². The number of anilines is 1. The summed E-state index contributed by atoms with van der Waals surface area (Å²) in [6, 6.07) is 12.7. The van der Waals surface area contributed by atoms with Gasteiger partial charge in [-0.3, -0.25) is 9.10 Å². The second kappa shape index (κ2) is 8.76. The van der Waals surface area contributed by atoms with Gasteiger partial charge in [-0.05, 0) is 55.2 Å². The van der Waals surface area contributed by atoms with Gasteiger partial charge in [-0.1, -0.05) is 42.8 Å². The Kier molecular flexibility index (Phi) is 6.89. The van der Waals surface area contributed by atoms with Crippen LogP contribution in [0.5, 0.6) is 0 Å². The maximum Gasteiger partial charge on any atom is 0.241 e. The van der Waals surface area contributed by atoms with Crippen molar-refractivity contribution in [3.8, 4) is 0 Å². The van der Waals surface area contributed by atoms with E-state index in [0.717, 1.165) is 22.5 Å². The third kappa shape index (κ3) is 5.71. The predicted octanol–water partition coefficient (Wildman–Crippen LogP) is 3.85. The lowest BCUT2D eigenvalue weighted by Crippen LogP contribution is -2.41. The Labute approximate surface area is 166 Å². The molecule has 0 bridgehead atoms. The van der Waals surface area contributed by atoms with Crippen LogP contribution in [0.1, 0.15) is 36.6 Å². The summed E-state index contributed by atoms with van der Waals surface area (Å²) < 4.78 is 25.6. The van der Waals surface area contributed by atoms with Crippen molar-refractivity contribution < 1.29 is 13.2 Å². The molecule has 2 aromatic rings. The molecule has 0 heterocycles. The Bertz CT molecular complexity index is 911. The van der Waals surface area contributed by atoms with Crippen LogP contribution in [-0.2, 0) is 21.2 Å². The van der Waals surface area contributed by atoms with Gasteiger partial charge in [0, 0.05) is 5.02 Å². The van der Waals surface area contributed by atoms with Crippen LogP contribution in [0.2, 0.25) is 5.02 Å². The zero-order valence-corrected chi connectivity index (χ0v) is 17.6. The molecule has 0 aliphatic carbocycles. The first-order chi connectivity index (χ1) is 12.6.